The predicted molar refractivity (Wildman–Crippen MR) is 103 cm³/mol. The van der Waals surface area contributed by atoms with Crippen molar-refractivity contribution in [3.8, 4) is 0 Å². The van der Waals surface area contributed by atoms with Crippen LogP contribution in [0.3, 0.4) is 0 Å². The van der Waals surface area contributed by atoms with Crippen LogP contribution < -0.4 is 16.0 Å². The normalized spacial score (nSPS) is 11.8. The monoisotopic (exact) mass is 433 g/mol. The van der Waals surface area contributed by atoms with Gasteiger partial charge in [-0.2, -0.15) is 13.2 Å². The first kappa shape index (κ1) is 22.0. The van der Waals surface area contributed by atoms with Gasteiger partial charge in [-0.3, -0.25) is 10.1 Å². The van der Waals surface area contributed by atoms with E-state index in [1.54, 1.807) is 0 Å². The Morgan fingerprint density at radius 1 is 1.14 bits per heavy atom. The largest absolute Gasteiger partial charge is 0.416 e. The maximum atomic E-state index is 12.7. The van der Waals surface area contributed by atoms with Crippen molar-refractivity contribution in [2.75, 3.05) is 16.4 Å². The molecule has 0 aliphatic carbocycles. The Kier molecular flexibility index (Phi) is 6.88. The molecule has 0 radical (unpaired) electrons. The fourth-order valence-corrected chi connectivity index (χ4v) is 3.43. The third kappa shape index (κ3) is 7.35. The first-order valence-corrected chi connectivity index (χ1v) is 9.75. The molecule has 2 rings (SSSR count). The van der Waals surface area contributed by atoms with Crippen molar-refractivity contribution in [2.45, 2.75) is 36.8 Å². The summed E-state index contributed by atoms with van der Waals surface area (Å²) in [5.41, 5.74) is -1.20. The van der Waals surface area contributed by atoms with Crippen LogP contribution in [0.2, 0.25) is 0 Å². The summed E-state index contributed by atoms with van der Waals surface area (Å²) < 4.78 is 38.5. The second-order valence-electron chi connectivity index (χ2n) is 6.62. The minimum absolute atomic E-state index is 0.0545. The van der Waals surface area contributed by atoms with E-state index in [4.69, 9.17) is 0 Å². The van der Waals surface area contributed by atoms with Crippen molar-refractivity contribution in [2.24, 2.45) is 0 Å². The van der Waals surface area contributed by atoms with Crippen molar-refractivity contribution in [1.29, 1.82) is 0 Å². The Labute approximate surface area is 167 Å². The molecular weight excluding hydrogens is 415 g/mol. The van der Waals surface area contributed by atoms with E-state index >= 15 is 0 Å². The van der Waals surface area contributed by atoms with Gasteiger partial charge in [0.25, 0.3) is 0 Å². The molecule has 1 aromatic carbocycles. The molecule has 28 heavy (non-hydrogen) atoms. The average Bonchev–Trinajstić information content (AvgIpc) is 2.98. The maximum absolute atomic E-state index is 12.7. The molecule has 0 aliphatic rings. The Bertz CT molecular complexity index is 849. The summed E-state index contributed by atoms with van der Waals surface area (Å²) in [6.07, 6.45) is -4.48. The second kappa shape index (κ2) is 8.78. The van der Waals surface area contributed by atoms with Crippen LogP contribution >= 0.6 is 23.1 Å². The van der Waals surface area contributed by atoms with Crippen molar-refractivity contribution in [3.05, 3.63) is 29.8 Å². The molecule has 0 unspecified atom stereocenters. The van der Waals surface area contributed by atoms with Gasteiger partial charge in [-0.25, -0.2) is 4.79 Å². The molecule has 152 valence electrons. The Hall–Kier alpha value is -2.34. The molecule has 2 aromatic rings. The van der Waals surface area contributed by atoms with E-state index in [-0.39, 0.29) is 16.6 Å². The van der Waals surface area contributed by atoms with E-state index in [0.29, 0.717) is 4.34 Å². The van der Waals surface area contributed by atoms with Crippen molar-refractivity contribution >= 4 is 45.9 Å². The molecular formula is C16H18F3N5O2S2. The zero-order chi connectivity index (χ0) is 20.9. The summed E-state index contributed by atoms with van der Waals surface area (Å²) in [5.74, 6) is -0.557. The number of thioether (sulfide) groups is 1. The lowest BCUT2D eigenvalue weighted by atomic mass is 10.1. The quantitative estimate of drug-likeness (QED) is 0.485. The second-order valence-corrected chi connectivity index (χ2v) is 8.82. The highest BCUT2D eigenvalue weighted by Crippen LogP contribution is 2.31. The number of benzene rings is 1. The zero-order valence-electron chi connectivity index (χ0n) is 15.2. The van der Waals surface area contributed by atoms with Crippen molar-refractivity contribution in [1.82, 2.24) is 15.5 Å². The molecule has 12 heteroatoms. The number of amides is 3. The van der Waals surface area contributed by atoms with Gasteiger partial charge in [-0.1, -0.05) is 29.2 Å². The predicted octanol–water partition coefficient (Wildman–Crippen LogP) is 4.21. The Balaban J connectivity index is 1.85. The molecule has 3 amide bonds. The fourth-order valence-electron chi connectivity index (χ4n) is 1.89. The smallest absolute Gasteiger partial charge is 0.333 e. The van der Waals surface area contributed by atoms with Crippen molar-refractivity contribution < 1.29 is 22.8 Å². The van der Waals surface area contributed by atoms with Gasteiger partial charge in [-0.15, -0.1) is 10.2 Å². The van der Waals surface area contributed by atoms with Gasteiger partial charge < -0.3 is 10.6 Å². The zero-order valence-corrected chi connectivity index (χ0v) is 16.8. The summed E-state index contributed by atoms with van der Waals surface area (Å²) in [4.78, 5) is 23.7. The summed E-state index contributed by atoms with van der Waals surface area (Å²) in [7, 11) is 0. The number of urea groups is 1. The number of anilines is 2. The number of alkyl halides is 3. The molecule has 7 nitrogen and oxygen atoms in total. The van der Waals surface area contributed by atoms with E-state index in [9.17, 15) is 22.8 Å². The molecule has 1 aromatic heterocycles. The van der Waals surface area contributed by atoms with E-state index in [0.717, 1.165) is 35.2 Å². The number of carbonyl (C=O) groups excluding carboxylic acids is 2. The van der Waals surface area contributed by atoms with Crippen LogP contribution in [0.4, 0.5) is 28.8 Å². The average molecular weight is 433 g/mol. The third-order valence-electron chi connectivity index (χ3n) is 2.92. The molecule has 0 fully saturated rings. The first-order valence-electron chi connectivity index (χ1n) is 7.95. The minimum Gasteiger partial charge on any atom is -0.333 e. The molecule has 0 saturated heterocycles. The van der Waals surface area contributed by atoms with Crippen LogP contribution in [0.25, 0.3) is 0 Å². The molecule has 1 heterocycles. The molecule has 0 atom stereocenters. The van der Waals surface area contributed by atoms with Crippen LogP contribution in [-0.4, -0.2) is 33.4 Å². The lowest BCUT2D eigenvalue weighted by Gasteiger charge is -2.19. The fraction of sp³-hybridized carbons (Fsp3) is 0.375. The van der Waals surface area contributed by atoms with Gasteiger partial charge in [0.1, 0.15) is 0 Å². The number of nitrogens with one attached hydrogen (secondary N) is 3. The van der Waals surface area contributed by atoms with Gasteiger partial charge in [0, 0.05) is 11.2 Å². The number of rotatable bonds is 5. The highest BCUT2D eigenvalue weighted by atomic mass is 32.2. The van der Waals surface area contributed by atoms with Crippen LogP contribution in [-0.2, 0) is 11.0 Å². The summed E-state index contributed by atoms with van der Waals surface area (Å²) in [6, 6.07) is 3.96. The van der Waals surface area contributed by atoms with Gasteiger partial charge in [0.2, 0.25) is 11.0 Å². The van der Waals surface area contributed by atoms with E-state index in [2.05, 4.69) is 26.1 Å². The van der Waals surface area contributed by atoms with E-state index < -0.39 is 29.2 Å². The van der Waals surface area contributed by atoms with Crippen LogP contribution in [0, 0.1) is 0 Å². The Morgan fingerprint density at radius 2 is 1.86 bits per heavy atom. The maximum Gasteiger partial charge on any atom is 0.416 e. The van der Waals surface area contributed by atoms with Crippen LogP contribution in [0.15, 0.2) is 28.6 Å². The summed E-state index contributed by atoms with van der Waals surface area (Å²) >= 11 is 2.14. The molecule has 0 bridgehead atoms. The van der Waals surface area contributed by atoms with Gasteiger partial charge in [0.15, 0.2) is 4.34 Å². The molecule has 0 aliphatic heterocycles. The first-order chi connectivity index (χ1) is 12.9. The lowest BCUT2D eigenvalue weighted by Crippen LogP contribution is -2.43. The number of carbonyl (C=O) groups is 2. The highest BCUT2D eigenvalue weighted by Gasteiger charge is 2.30. The molecule has 0 spiro atoms. The highest BCUT2D eigenvalue weighted by molar-refractivity contribution is 8.01. The number of halogens is 3. The third-order valence-corrected chi connectivity index (χ3v) is 4.89. The summed E-state index contributed by atoms with van der Waals surface area (Å²) in [5, 5.41) is 15.6. The van der Waals surface area contributed by atoms with Gasteiger partial charge in [0.05, 0.1) is 11.3 Å². The van der Waals surface area contributed by atoms with Gasteiger partial charge >= 0.3 is 12.2 Å². The minimum atomic E-state index is -4.48. The Morgan fingerprint density at radius 3 is 2.50 bits per heavy atom. The molecule has 0 saturated carbocycles. The number of aromatic nitrogens is 2. The molecule has 3 N–H and O–H groups in total. The van der Waals surface area contributed by atoms with Crippen molar-refractivity contribution in [3.63, 3.8) is 0 Å². The van der Waals surface area contributed by atoms with E-state index in [1.165, 1.54) is 12.1 Å². The van der Waals surface area contributed by atoms with Gasteiger partial charge in [-0.05, 0) is 39.0 Å². The topological polar surface area (TPSA) is 96.0 Å². The number of hydrogen-bond donors (Lipinski definition) is 3. The SMILES string of the molecule is CC(C)(C)NC(=O)Nc1nnc(SCC(=O)Nc2cccc(C(F)(F)F)c2)s1. The lowest BCUT2D eigenvalue weighted by molar-refractivity contribution is -0.137. The van der Waals surface area contributed by atoms with E-state index in [1.807, 2.05) is 20.8 Å². The standard InChI is InChI=1S/C16H18F3N5O2S2/c1-15(2,3)22-12(26)21-13-23-24-14(28-13)27-8-11(25)20-10-6-4-5-9(7-10)16(17,18)19/h4-7H,8H2,1-3H3,(H,20,25)(H2,21,22,23,26). The summed E-state index contributed by atoms with van der Waals surface area (Å²) in [6.45, 7) is 5.49. The number of hydrogen-bond acceptors (Lipinski definition) is 6. The van der Waals surface area contributed by atoms with Crippen LogP contribution in [0.5, 0.6) is 0 Å². The van der Waals surface area contributed by atoms with Crippen LogP contribution in [0.1, 0.15) is 26.3 Å². The number of nitrogens with zero attached hydrogens (tertiary/aromatic N) is 2.